The SMILES string of the molecule is CCc1nc2nc(NC(=O)C(C)(C)C)nc(O)c2c(CC)c1C#Cc1ccc(C(=O)O)cc1. The van der Waals surface area contributed by atoms with Gasteiger partial charge in [0.05, 0.1) is 22.2 Å². The van der Waals surface area contributed by atoms with Crippen molar-refractivity contribution in [3.8, 4) is 17.7 Å². The maximum absolute atomic E-state index is 12.3. The van der Waals surface area contributed by atoms with Gasteiger partial charge in [-0.3, -0.25) is 10.1 Å². The molecule has 0 aliphatic carbocycles. The molecule has 0 bridgehead atoms. The minimum absolute atomic E-state index is 0.00566. The molecular formula is C25H26N4O4. The number of carbonyl (C=O) groups is 2. The maximum Gasteiger partial charge on any atom is 0.335 e. The Hall–Kier alpha value is -3.99. The predicted molar refractivity (Wildman–Crippen MR) is 125 cm³/mol. The van der Waals surface area contributed by atoms with Crippen LogP contribution in [0.2, 0.25) is 0 Å². The van der Waals surface area contributed by atoms with E-state index in [9.17, 15) is 14.7 Å². The molecule has 0 aliphatic rings. The Balaban J connectivity index is 2.12. The van der Waals surface area contributed by atoms with Gasteiger partial charge < -0.3 is 10.2 Å². The van der Waals surface area contributed by atoms with Gasteiger partial charge in [0.25, 0.3) is 0 Å². The van der Waals surface area contributed by atoms with Crippen LogP contribution in [0.3, 0.4) is 0 Å². The Kier molecular flexibility index (Phi) is 6.63. The number of aromatic nitrogens is 3. The van der Waals surface area contributed by atoms with Crippen LogP contribution in [-0.2, 0) is 17.6 Å². The molecule has 0 unspecified atom stereocenters. The van der Waals surface area contributed by atoms with Crippen molar-refractivity contribution < 1.29 is 19.8 Å². The summed E-state index contributed by atoms with van der Waals surface area (Å²) in [7, 11) is 0. The van der Waals surface area contributed by atoms with E-state index in [2.05, 4.69) is 32.1 Å². The lowest BCUT2D eigenvalue weighted by Gasteiger charge is -2.17. The van der Waals surface area contributed by atoms with Gasteiger partial charge in [0.2, 0.25) is 17.7 Å². The lowest BCUT2D eigenvalue weighted by Crippen LogP contribution is -2.28. The summed E-state index contributed by atoms with van der Waals surface area (Å²) in [5.74, 6) is 4.64. The summed E-state index contributed by atoms with van der Waals surface area (Å²) >= 11 is 0. The van der Waals surface area contributed by atoms with Crippen molar-refractivity contribution in [2.45, 2.75) is 47.5 Å². The number of pyridine rings is 1. The third-order valence-corrected chi connectivity index (χ3v) is 5.06. The molecule has 1 amide bonds. The summed E-state index contributed by atoms with van der Waals surface area (Å²) in [6.07, 6.45) is 1.14. The number of nitrogens with zero attached hydrogens (tertiary/aromatic N) is 3. The lowest BCUT2D eigenvalue weighted by atomic mass is 9.96. The zero-order valence-corrected chi connectivity index (χ0v) is 19.3. The number of aromatic carboxylic acids is 1. The summed E-state index contributed by atoms with van der Waals surface area (Å²) < 4.78 is 0. The molecule has 33 heavy (non-hydrogen) atoms. The van der Waals surface area contributed by atoms with Crippen molar-refractivity contribution in [2.75, 3.05) is 5.32 Å². The minimum atomic E-state index is -0.997. The Morgan fingerprint density at radius 3 is 2.21 bits per heavy atom. The van der Waals surface area contributed by atoms with Gasteiger partial charge in [-0.15, -0.1) is 0 Å². The standard InChI is InChI=1S/C25H26N4O4/c1-6-16-17(13-10-14-8-11-15(12-9-14)22(31)32)18(7-2)26-20-19(16)21(30)28-24(27-20)29-23(33)25(3,4)5/h8-9,11-12H,6-7H2,1-5H3,(H,31,32)(H2,26,27,28,29,30,33). The highest BCUT2D eigenvalue weighted by molar-refractivity contribution is 5.95. The van der Waals surface area contributed by atoms with Gasteiger partial charge in [0.1, 0.15) is 0 Å². The third-order valence-electron chi connectivity index (χ3n) is 5.06. The zero-order chi connectivity index (χ0) is 24.3. The van der Waals surface area contributed by atoms with Gasteiger partial charge in [-0.05, 0) is 42.7 Å². The largest absolute Gasteiger partial charge is 0.493 e. The Labute approximate surface area is 192 Å². The van der Waals surface area contributed by atoms with E-state index in [-0.39, 0.29) is 28.9 Å². The molecule has 0 atom stereocenters. The van der Waals surface area contributed by atoms with Crippen molar-refractivity contribution in [3.05, 3.63) is 52.2 Å². The summed E-state index contributed by atoms with van der Waals surface area (Å²) in [5.41, 5.74) is 2.64. The summed E-state index contributed by atoms with van der Waals surface area (Å²) in [6, 6.07) is 6.29. The molecule has 0 saturated carbocycles. The molecule has 1 aromatic carbocycles. The predicted octanol–water partition coefficient (Wildman–Crippen LogP) is 3.94. The molecule has 3 aromatic rings. The lowest BCUT2D eigenvalue weighted by molar-refractivity contribution is -0.123. The zero-order valence-electron chi connectivity index (χ0n) is 19.3. The molecule has 3 N–H and O–H groups in total. The Bertz CT molecular complexity index is 1300. The van der Waals surface area contributed by atoms with Gasteiger partial charge in [-0.25, -0.2) is 9.78 Å². The molecule has 2 heterocycles. The van der Waals surface area contributed by atoms with Crippen LogP contribution in [0.15, 0.2) is 24.3 Å². The average molecular weight is 447 g/mol. The van der Waals surface area contributed by atoms with Crippen molar-refractivity contribution in [1.29, 1.82) is 0 Å². The summed E-state index contributed by atoms with van der Waals surface area (Å²) in [4.78, 5) is 36.4. The highest BCUT2D eigenvalue weighted by Crippen LogP contribution is 2.30. The second-order valence-corrected chi connectivity index (χ2v) is 8.53. The van der Waals surface area contributed by atoms with Crippen LogP contribution in [0.5, 0.6) is 5.88 Å². The molecule has 3 rings (SSSR count). The third kappa shape index (κ3) is 5.09. The van der Waals surface area contributed by atoms with Crippen LogP contribution in [0.25, 0.3) is 11.0 Å². The maximum atomic E-state index is 12.3. The molecule has 0 saturated heterocycles. The number of aromatic hydroxyl groups is 1. The first-order valence-electron chi connectivity index (χ1n) is 10.6. The topological polar surface area (TPSA) is 125 Å². The van der Waals surface area contributed by atoms with Crippen LogP contribution in [0.4, 0.5) is 5.95 Å². The van der Waals surface area contributed by atoms with Crippen LogP contribution < -0.4 is 5.32 Å². The number of carboxylic acid groups (broad SMARTS) is 1. The Morgan fingerprint density at radius 2 is 1.67 bits per heavy atom. The first-order valence-corrected chi connectivity index (χ1v) is 10.6. The first kappa shape index (κ1) is 23.7. The number of hydrogen-bond acceptors (Lipinski definition) is 6. The van der Waals surface area contributed by atoms with Crippen molar-refractivity contribution in [1.82, 2.24) is 15.0 Å². The smallest absolute Gasteiger partial charge is 0.335 e. The van der Waals surface area contributed by atoms with Crippen LogP contribution >= 0.6 is 0 Å². The van der Waals surface area contributed by atoms with E-state index in [1.807, 2.05) is 13.8 Å². The van der Waals surface area contributed by atoms with Gasteiger partial charge in [0, 0.05) is 11.0 Å². The van der Waals surface area contributed by atoms with E-state index in [0.717, 1.165) is 5.56 Å². The monoisotopic (exact) mass is 446 g/mol. The molecule has 8 nitrogen and oxygen atoms in total. The molecule has 0 radical (unpaired) electrons. The molecule has 0 spiro atoms. The van der Waals surface area contributed by atoms with E-state index in [0.29, 0.717) is 35.0 Å². The van der Waals surface area contributed by atoms with Crippen molar-refractivity contribution in [2.24, 2.45) is 5.41 Å². The normalized spacial score (nSPS) is 11.1. The number of fused-ring (bicyclic) bond motifs is 1. The van der Waals surface area contributed by atoms with Gasteiger partial charge >= 0.3 is 5.97 Å². The highest BCUT2D eigenvalue weighted by Gasteiger charge is 2.24. The summed E-state index contributed by atoms with van der Waals surface area (Å²) in [6.45, 7) is 9.20. The molecule has 0 fully saturated rings. The van der Waals surface area contributed by atoms with Crippen molar-refractivity contribution >= 4 is 28.9 Å². The molecular weight excluding hydrogens is 420 g/mol. The second kappa shape index (κ2) is 9.25. The molecule has 2 aromatic heterocycles. The fourth-order valence-corrected chi connectivity index (χ4v) is 3.20. The number of nitrogens with one attached hydrogen (secondary N) is 1. The number of carbonyl (C=O) groups excluding carboxylic acids is 1. The van der Waals surface area contributed by atoms with E-state index < -0.39 is 11.4 Å². The number of aryl methyl sites for hydroxylation is 2. The van der Waals surface area contributed by atoms with E-state index in [1.54, 1.807) is 32.9 Å². The van der Waals surface area contributed by atoms with Crippen molar-refractivity contribution in [3.63, 3.8) is 0 Å². The number of carboxylic acids is 1. The van der Waals surface area contributed by atoms with E-state index in [1.165, 1.54) is 12.1 Å². The number of amides is 1. The average Bonchev–Trinajstić information content (AvgIpc) is 2.76. The highest BCUT2D eigenvalue weighted by atomic mass is 16.4. The first-order chi connectivity index (χ1) is 15.5. The summed E-state index contributed by atoms with van der Waals surface area (Å²) in [5, 5.41) is 22.8. The fraction of sp³-hybridized carbons (Fsp3) is 0.320. The molecule has 8 heteroatoms. The number of benzene rings is 1. The van der Waals surface area contributed by atoms with E-state index in [4.69, 9.17) is 5.11 Å². The van der Waals surface area contributed by atoms with Crippen LogP contribution in [-0.4, -0.2) is 37.0 Å². The quantitative estimate of drug-likeness (QED) is 0.518. The van der Waals surface area contributed by atoms with Gasteiger partial charge in [0.15, 0.2) is 5.65 Å². The minimum Gasteiger partial charge on any atom is -0.493 e. The number of rotatable bonds is 4. The van der Waals surface area contributed by atoms with Gasteiger partial charge in [-0.2, -0.15) is 9.97 Å². The van der Waals surface area contributed by atoms with E-state index >= 15 is 0 Å². The van der Waals surface area contributed by atoms with Gasteiger partial charge in [-0.1, -0.05) is 46.5 Å². The fourth-order valence-electron chi connectivity index (χ4n) is 3.20. The molecule has 0 aliphatic heterocycles. The second-order valence-electron chi connectivity index (χ2n) is 8.53. The number of hydrogen-bond donors (Lipinski definition) is 3. The number of anilines is 1. The van der Waals surface area contributed by atoms with Crippen LogP contribution in [0, 0.1) is 17.3 Å². The molecule has 170 valence electrons. The Morgan fingerprint density at radius 1 is 1.00 bits per heavy atom. The van der Waals surface area contributed by atoms with Crippen LogP contribution in [0.1, 0.15) is 67.4 Å².